The lowest BCUT2D eigenvalue weighted by atomic mass is 10.0. The zero-order valence-corrected chi connectivity index (χ0v) is 23.7. The van der Waals surface area contributed by atoms with Crippen molar-refractivity contribution in [1.82, 2.24) is 18.9 Å². The summed E-state index contributed by atoms with van der Waals surface area (Å²) in [4.78, 5) is 58.4. The van der Waals surface area contributed by atoms with Gasteiger partial charge in [-0.3, -0.25) is 19.0 Å². The number of fused-ring (bicyclic) bond motifs is 1. The summed E-state index contributed by atoms with van der Waals surface area (Å²) in [6.07, 6.45) is 2.86. The Balaban J connectivity index is 1.98. The number of likely N-dealkylation sites (tertiary alicyclic amines) is 1. The van der Waals surface area contributed by atoms with Crippen molar-refractivity contribution in [3.8, 4) is 5.69 Å². The van der Waals surface area contributed by atoms with E-state index in [9.17, 15) is 19.2 Å². The van der Waals surface area contributed by atoms with Gasteiger partial charge in [0.25, 0.3) is 11.5 Å². The predicted molar refractivity (Wildman–Crippen MR) is 149 cm³/mol. The maximum Gasteiger partial charge on any atom is 0.337 e. The van der Waals surface area contributed by atoms with Crippen molar-refractivity contribution in [3.63, 3.8) is 0 Å². The van der Waals surface area contributed by atoms with Crippen LogP contribution in [0.25, 0.3) is 15.9 Å². The van der Waals surface area contributed by atoms with Crippen LogP contribution in [0.5, 0.6) is 0 Å². The van der Waals surface area contributed by atoms with Crippen molar-refractivity contribution in [2.45, 2.75) is 59.5 Å². The molecular weight excluding hydrogens is 535 g/mol. The van der Waals surface area contributed by atoms with E-state index >= 15 is 0 Å². The van der Waals surface area contributed by atoms with Crippen LogP contribution in [0.2, 0.25) is 10.0 Å². The van der Waals surface area contributed by atoms with Crippen LogP contribution in [-0.4, -0.2) is 56.4 Å². The topological polar surface area (TPSA) is 84.6 Å². The van der Waals surface area contributed by atoms with E-state index in [1.54, 1.807) is 16.7 Å². The van der Waals surface area contributed by atoms with Crippen LogP contribution in [-0.2, 0) is 11.3 Å². The van der Waals surface area contributed by atoms with Gasteiger partial charge < -0.3 is 9.80 Å². The number of hydrogen-bond acceptors (Lipinski definition) is 5. The van der Waals surface area contributed by atoms with Crippen molar-refractivity contribution < 1.29 is 9.59 Å². The van der Waals surface area contributed by atoms with Gasteiger partial charge in [-0.15, -0.1) is 11.3 Å². The fourth-order valence-electron chi connectivity index (χ4n) is 4.89. The number of halogens is 2. The van der Waals surface area contributed by atoms with Gasteiger partial charge in [0.15, 0.2) is 0 Å². The van der Waals surface area contributed by atoms with Crippen molar-refractivity contribution >= 4 is 56.6 Å². The SMILES string of the molecule is CCN(CC)C(=O)c1sc2c(c1C)c(=O)n(-c1ccc(Cl)c(Cl)c1)c(=O)n2CC(=O)N1CCCC[C@@H]1C. The van der Waals surface area contributed by atoms with Crippen LogP contribution >= 0.6 is 34.5 Å². The first-order valence-corrected chi connectivity index (χ1v) is 14.0. The maximum absolute atomic E-state index is 13.8. The van der Waals surface area contributed by atoms with Crippen molar-refractivity contribution in [1.29, 1.82) is 0 Å². The minimum atomic E-state index is -0.669. The summed E-state index contributed by atoms with van der Waals surface area (Å²) in [6, 6.07) is 4.56. The van der Waals surface area contributed by atoms with Crippen LogP contribution in [0.15, 0.2) is 27.8 Å². The Hall–Kier alpha value is -2.62. The molecule has 0 N–H and O–H groups in total. The third-order valence-electron chi connectivity index (χ3n) is 7.04. The predicted octanol–water partition coefficient (Wildman–Crippen LogP) is 4.71. The van der Waals surface area contributed by atoms with Gasteiger partial charge in [0.2, 0.25) is 5.91 Å². The van der Waals surface area contributed by atoms with E-state index in [2.05, 4.69) is 0 Å². The number of piperidine rings is 1. The van der Waals surface area contributed by atoms with Crippen molar-refractivity contribution in [2.75, 3.05) is 19.6 Å². The number of nitrogens with zero attached hydrogens (tertiary/aromatic N) is 4. The summed E-state index contributed by atoms with van der Waals surface area (Å²) in [5, 5.41) is 0.716. The Morgan fingerprint density at radius 3 is 2.43 bits per heavy atom. The molecule has 8 nitrogen and oxygen atoms in total. The molecule has 0 bridgehead atoms. The third-order valence-corrected chi connectivity index (χ3v) is 9.08. The van der Waals surface area contributed by atoms with Crippen LogP contribution < -0.4 is 11.2 Å². The molecule has 4 rings (SSSR count). The van der Waals surface area contributed by atoms with Crippen LogP contribution in [0.1, 0.15) is 55.3 Å². The van der Waals surface area contributed by atoms with Gasteiger partial charge in [0.1, 0.15) is 11.4 Å². The van der Waals surface area contributed by atoms with Gasteiger partial charge in [0, 0.05) is 25.7 Å². The number of thiophene rings is 1. The van der Waals surface area contributed by atoms with Gasteiger partial charge in [-0.1, -0.05) is 23.2 Å². The second kappa shape index (κ2) is 11.0. The van der Waals surface area contributed by atoms with E-state index in [0.717, 1.165) is 35.2 Å². The molecule has 0 saturated carbocycles. The molecule has 1 atom stereocenters. The highest BCUT2D eigenvalue weighted by Crippen LogP contribution is 2.30. The van der Waals surface area contributed by atoms with E-state index in [1.807, 2.05) is 20.8 Å². The molecule has 198 valence electrons. The Kier molecular flexibility index (Phi) is 8.16. The molecule has 1 fully saturated rings. The molecule has 3 heterocycles. The zero-order valence-electron chi connectivity index (χ0n) is 21.3. The van der Waals surface area contributed by atoms with E-state index in [4.69, 9.17) is 23.2 Å². The smallest absolute Gasteiger partial charge is 0.337 e. The number of carbonyl (C=O) groups is 2. The average molecular weight is 566 g/mol. The van der Waals surface area contributed by atoms with Gasteiger partial charge in [0.05, 0.1) is 26.0 Å². The quantitative estimate of drug-likeness (QED) is 0.434. The lowest BCUT2D eigenvalue weighted by Crippen LogP contribution is -2.46. The molecule has 2 amide bonds. The third kappa shape index (κ3) is 4.96. The van der Waals surface area contributed by atoms with E-state index in [-0.39, 0.29) is 45.5 Å². The van der Waals surface area contributed by atoms with Gasteiger partial charge in [-0.25, -0.2) is 9.36 Å². The number of aryl methyl sites for hydroxylation is 1. The number of carbonyl (C=O) groups excluding carboxylic acids is 2. The molecule has 0 aliphatic carbocycles. The molecule has 1 aromatic carbocycles. The highest BCUT2D eigenvalue weighted by molar-refractivity contribution is 7.20. The normalized spacial score (nSPS) is 15.8. The van der Waals surface area contributed by atoms with Crippen LogP contribution in [0.3, 0.4) is 0 Å². The molecule has 11 heteroatoms. The Bertz CT molecular complexity index is 1490. The summed E-state index contributed by atoms with van der Waals surface area (Å²) in [7, 11) is 0. The highest BCUT2D eigenvalue weighted by atomic mass is 35.5. The Labute approximate surface area is 229 Å². The van der Waals surface area contributed by atoms with E-state index in [0.29, 0.717) is 34.9 Å². The fraction of sp³-hybridized carbons (Fsp3) is 0.462. The van der Waals surface area contributed by atoms with E-state index < -0.39 is 11.2 Å². The Morgan fingerprint density at radius 2 is 1.81 bits per heavy atom. The fourth-order valence-corrected chi connectivity index (χ4v) is 6.44. The second-order valence-electron chi connectivity index (χ2n) is 9.25. The monoisotopic (exact) mass is 564 g/mol. The number of amides is 2. The molecule has 0 radical (unpaired) electrons. The minimum absolute atomic E-state index is 0.0679. The molecule has 1 aliphatic rings. The summed E-state index contributed by atoms with van der Waals surface area (Å²) >= 11 is 13.4. The minimum Gasteiger partial charge on any atom is -0.338 e. The number of aromatic nitrogens is 2. The second-order valence-corrected chi connectivity index (χ2v) is 11.1. The lowest BCUT2D eigenvalue weighted by Gasteiger charge is -2.33. The molecule has 37 heavy (non-hydrogen) atoms. The highest BCUT2D eigenvalue weighted by Gasteiger charge is 2.29. The molecule has 0 spiro atoms. The van der Waals surface area contributed by atoms with Crippen LogP contribution in [0, 0.1) is 6.92 Å². The van der Waals surface area contributed by atoms with Gasteiger partial charge >= 0.3 is 5.69 Å². The van der Waals surface area contributed by atoms with E-state index in [1.165, 1.54) is 22.8 Å². The summed E-state index contributed by atoms with van der Waals surface area (Å²) in [5.74, 6) is -0.406. The molecule has 3 aromatic rings. The molecule has 2 aromatic heterocycles. The number of hydrogen-bond donors (Lipinski definition) is 0. The summed E-state index contributed by atoms with van der Waals surface area (Å²) < 4.78 is 2.32. The number of benzene rings is 1. The maximum atomic E-state index is 13.8. The first-order valence-electron chi connectivity index (χ1n) is 12.4. The molecular formula is C26H30Cl2N4O4S. The van der Waals surface area contributed by atoms with Crippen molar-refractivity contribution in [2.24, 2.45) is 0 Å². The zero-order chi connectivity index (χ0) is 27.0. The number of rotatable bonds is 6. The first-order chi connectivity index (χ1) is 17.6. The van der Waals surface area contributed by atoms with Gasteiger partial charge in [-0.2, -0.15) is 0 Å². The standard InChI is InChI=1S/C26H30Cl2N4O4S/c1-5-29(6-2)24(35)22-16(4)21-23(34)32(17-10-11-18(27)19(28)13-17)26(36)31(25(21)37-22)14-20(33)30-12-8-7-9-15(30)3/h10-11,13,15H,5-9,12,14H2,1-4H3/t15-/m0/s1. The van der Waals surface area contributed by atoms with Crippen molar-refractivity contribution in [3.05, 3.63) is 59.5 Å². The molecule has 1 saturated heterocycles. The summed E-state index contributed by atoms with van der Waals surface area (Å²) in [5.41, 5.74) is -0.512. The molecule has 1 aliphatic heterocycles. The largest absolute Gasteiger partial charge is 0.338 e. The summed E-state index contributed by atoms with van der Waals surface area (Å²) in [6.45, 7) is 8.88. The average Bonchev–Trinajstić information content (AvgIpc) is 3.22. The molecule has 0 unspecified atom stereocenters. The van der Waals surface area contributed by atoms with Gasteiger partial charge in [-0.05, 0) is 70.7 Å². The Morgan fingerprint density at radius 1 is 1.11 bits per heavy atom. The lowest BCUT2D eigenvalue weighted by molar-refractivity contribution is -0.135. The van der Waals surface area contributed by atoms with Crippen LogP contribution in [0.4, 0.5) is 0 Å². The first kappa shape index (κ1) is 27.4.